The monoisotopic (exact) mass is 406 g/mol. The third-order valence-corrected chi connectivity index (χ3v) is 5.85. The van der Waals surface area contributed by atoms with Gasteiger partial charge >= 0.3 is 5.97 Å². The van der Waals surface area contributed by atoms with E-state index in [1.165, 1.54) is 16.7 Å². The number of fused-ring (bicyclic) bond motifs is 1. The molecule has 3 rings (SSSR count). The summed E-state index contributed by atoms with van der Waals surface area (Å²) >= 11 is 7.14. The number of hydrogen-bond acceptors (Lipinski definition) is 5. The van der Waals surface area contributed by atoms with Gasteiger partial charge in [0.05, 0.1) is 0 Å². The van der Waals surface area contributed by atoms with Gasteiger partial charge in [0.15, 0.2) is 5.78 Å². The molecule has 1 fully saturated rings. The number of carboxylic acid groups (broad SMARTS) is 1. The molecule has 2 unspecified atom stereocenters. The Morgan fingerprint density at radius 1 is 1.26 bits per heavy atom. The number of nitrogens with zero attached hydrogens (tertiary/aromatic N) is 1. The van der Waals surface area contributed by atoms with Crippen molar-refractivity contribution in [2.24, 2.45) is 0 Å². The maximum atomic E-state index is 12.3. The fraction of sp³-hybridized carbons (Fsp3) is 0.222. The number of carbonyl (C=O) groups excluding carboxylic acids is 3. The topological polar surface area (TPSA) is 104 Å². The minimum Gasteiger partial charge on any atom is -0.477 e. The lowest BCUT2D eigenvalue weighted by molar-refractivity contribution is -0.150. The summed E-state index contributed by atoms with van der Waals surface area (Å²) in [5.41, 5.74) is 0.960. The largest absolute Gasteiger partial charge is 0.477 e. The number of β-lactam (4-membered cyclic amide) rings is 1. The summed E-state index contributed by atoms with van der Waals surface area (Å²) in [4.78, 5) is 48.9. The molecule has 0 spiro atoms. The van der Waals surface area contributed by atoms with E-state index >= 15 is 0 Å². The highest BCUT2D eigenvalue weighted by Gasteiger charge is 2.53. The SMILES string of the molecule is CC1=C(C(=O)O)N2C(=O)C(NC(=O)C=CC(=O)c3ccc(Cl)cc3)C2SC1. The molecule has 2 N–H and O–H groups in total. The first-order valence-corrected chi connectivity index (χ1v) is 9.38. The number of carboxylic acids is 1. The molecule has 2 amide bonds. The van der Waals surface area contributed by atoms with Crippen molar-refractivity contribution in [1.82, 2.24) is 10.2 Å². The van der Waals surface area contributed by atoms with Gasteiger partial charge in [0.2, 0.25) is 5.91 Å². The van der Waals surface area contributed by atoms with E-state index in [4.69, 9.17) is 11.6 Å². The number of aliphatic carboxylic acids is 1. The predicted molar refractivity (Wildman–Crippen MR) is 100 cm³/mol. The van der Waals surface area contributed by atoms with Crippen LogP contribution < -0.4 is 5.32 Å². The van der Waals surface area contributed by atoms with Crippen LogP contribution in [0, 0.1) is 0 Å². The van der Waals surface area contributed by atoms with Gasteiger partial charge in [0, 0.05) is 22.4 Å². The van der Waals surface area contributed by atoms with Gasteiger partial charge in [-0.1, -0.05) is 11.6 Å². The highest BCUT2D eigenvalue weighted by molar-refractivity contribution is 8.00. The first kappa shape index (κ1) is 19.2. The number of halogens is 1. The lowest BCUT2D eigenvalue weighted by Gasteiger charge is -2.49. The van der Waals surface area contributed by atoms with Gasteiger partial charge in [-0.2, -0.15) is 0 Å². The van der Waals surface area contributed by atoms with Crippen LogP contribution in [0.2, 0.25) is 5.02 Å². The van der Waals surface area contributed by atoms with Crippen LogP contribution in [-0.4, -0.2) is 50.7 Å². The Hall–Kier alpha value is -2.58. The number of thioether (sulfide) groups is 1. The van der Waals surface area contributed by atoms with Crippen LogP contribution in [0.1, 0.15) is 17.3 Å². The summed E-state index contributed by atoms with van der Waals surface area (Å²) in [6, 6.07) is 5.41. The van der Waals surface area contributed by atoms with Crippen LogP contribution in [0.4, 0.5) is 0 Å². The molecular weight excluding hydrogens is 392 g/mol. The van der Waals surface area contributed by atoms with Gasteiger partial charge in [-0.25, -0.2) is 4.79 Å². The van der Waals surface area contributed by atoms with Crippen molar-refractivity contribution in [2.45, 2.75) is 18.3 Å². The van der Waals surface area contributed by atoms with E-state index in [9.17, 15) is 24.3 Å². The van der Waals surface area contributed by atoms with Gasteiger partial charge in [-0.05, 0) is 42.8 Å². The molecule has 0 aliphatic carbocycles. The molecule has 0 saturated carbocycles. The molecule has 0 bridgehead atoms. The molecule has 0 radical (unpaired) electrons. The Labute approximate surface area is 164 Å². The molecule has 1 saturated heterocycles. The number of hydrogen-bond donors (Lipinski definition) is 2. The van der Waals surface area contributed by atoms with Crippen molar-refractivity contribution in [3.05, 3.63) is 58.3 Å². The fourth-order valence-corrected chi connectivity index (χ4v) is 4.26. The van der Waals surface area contributed by atoms with Crippen molar-refractivity contribution in [3.8, 4) is 0 Å². The standard InChI is InChI=1S/C18H15ClN2O5S/c1-9-8-27-17-14(16(24)21(17)15(9)18(25)26)20-13(23)7-6-12(22)10-2-4-11(19)5-3-10/h2-7,14,17H,8H2,1H3,(H,20,23)(H,25,26). The molecular formula is C18H15ClN2O5S. The van der Waals surface area contributed by atoms with Crippen LogP contribution in [0.25, 0.3) is 0 Å². The predicted octanol–water partition coefficient (Wildman–Crippen LogP) is 1.84. The number of nitrogens with one attached hydrogen (secondary N) is 1. The van der Waals surface area contributed by atoms with Crippen LogP contribution >= 0.6 is 23.4 Å². The molecule has 2 heterocycles. The minimum atomic E-state index is -1.16. The summed E-state index contributed by atoms with van der Waals surface area (Å²) in [5, 5.41) is 11.8. The third-order valence-electron chi connectivity index (χ3n) is 4.17. The minimum absolute atomic E-state index is 0.0253. The first-order valence-electron chi connectivity index (χ1n) is 7.96. The van der Waals surface area contributed by atoms with Crippen LogP contribution in [0.3, 0.4) is 0 Å². The maximum absolute atomic E-state index is 12.3. The number of amides is 2. The van der Waals surface area contributed by atoms with Crippen LogP contribution in [0.5, 0.6) is 0 Å². The molecule has 1 aromatic carbocycles. The summed E-state index contributed by atoms with van der Waals surface area (Å²) < 4.78 is 0. The number of benzene rings is 1. The van der Waals surface area contributed by atoms with E-state index in [0.29, 0.717) is 21.9 Å². The number of ketones is 1. The van der Waals surface area contributed by atoms with Crippen molar-refractivity contribution in [3.63, 3.8) is 0 Å². The zero-order valence-electron chi connectivity index (χ0n) is 14.1. The second kappa shape index (κ2) is 7.58. The molecule has 0 aromatic heterocycles. The van der Waals surface area contributed by atoms with Gasteiger partial charge < -0.3 is 10.4 Å². The molecule has 9 heteroatoms. The molecule has 2 aliphatic rings. The Balaban J connectivity index is 1.62. The van der Waals surface area contributed by atoms with Crippen LogP contribution in [-0.2, 0) is 14.4 Å². The van der Waals surface area contributed by atoms with Gasteiger partial charge in [0.25, 0.3) is 5.91 Å². The second-order valence-corrected chi connectivity index (χ2v) is 7.58. The Bertz CT molecular complexity index is 894. The van der Waals surface area contributed by atoms with Gasteiger partial charge in [0.1, 0.15) is 17.1 Å². The van der Waals surface area contributed by atoms with E-state index < -0.39 is 29.2 Å². The Kier molecular flexibility index (Phi) is 5.38. The lowest BCUT2D eigenvalue weighted by Crippen LogP contribution is -2.70. The molecule has 1 aromatic rings. The normalized spacial score (nSPS) is 21.7. The van der Waals surface area contributed by atoms with E-state index in [1.807, 2.05) is 0 Å². The number of carbonyl (C=O) groups is 4. The molecule has 27 heavy (non-hydrogen) atoms. The van der Waals surface area contributed by atoms with Crippen molar-refractivity contribution in [2.75, 3.05) is 5.75 Å². The summed E-state index contributed by atoms with van der Waals surface area (Å²) in [6.07, 6.45) is 2.17. The average Bonchev–Trinajstić information content (AvgIpc) is 2.64. The van der Waals surface area contributed by atoms with Crippen molar-refractivity contribution >= 4 is 46.9 Å². The van der Waals surface area contributed by atoms with E-state index in [1.54, 1.807) is 31.2 Å². The Morgan fingerprint density at radius 2 is 1.93 bits per heavy atom. The summed E-state index contributed by atoms with van der Waals surface area (Å²) in [7, 11) is 0. The second-order valence-electron chi connectivity index (χ2n) is 6.03. The number of rotatable bonds is 5. The Morgan fingerprint density at radius 3 is 2.56 bits per heavy atom. The zero-order chi connectivity index (χ0) is 19.7. The van der Waals surface area contributed by atoms with E-state index in [0.717, 1.165) is 12.2 Å². The third kappa shape index (κ3) is 3.77. The highest BCUT2D eigenvalue weighted by atomic mass is 35.5. The number of allylic oxidation sites excluding steroid dienone is 1. The quantitative estimate of drug-likeness (QED) is 0.439. The van der Waals surface area contributed by atoms with Crippen molar-refractivity contribution in [1.29, 1.82) is 0 Å². The lowest BCUT2D eigenvalue weighted by atomic mass is 10.0. The van der Waals surface area contributed by atoms with Gasteiger partial charge in [-0.3, -0.25) is 19.3 Å². The zero-order valence-corrected chi connectivity index (χ0v) is 15.7. The van der Waals surface area contributed by atoms with E-state index in [-0.39, 0.29) is 11.5 Å². The first-order chi connectivity index (χ1) is 12.8. The van der Waals surface area contributed by atoms with Gasteiger partial charge in [-0.15, -0.1) is 11.8 Å². The average molecular weight is 407 g/mol. The molecule has 140 valence electrons. The highest BCUT2D eigenvalue weighted by Crippen LogP contribution is 2.40. The summed E-state index contributed by atoms with van der Waals surface area (Å²) in [5.74, 6) is -2.15. The van der Waals surface area contributed by atoms with E-state index in [2.05, 4.69) is 5.32 Å². The molecule has 2 aliphatic heterocycles. The smallest absolute Gasteiger partial charge is 0.352 e. The fourth-order valence-electron chi connectivity index (χ4n) is 2.84. The van der Waals surface area contributed by atoms with Crippen LogP contribution in [0.15, 0.2) is 47.7 Å². The van der Waals surface area contributed by atoms with Crippen molar-refractivity contribution < 1.29 is 24.3 Å². The molecule has 7 nitrogen and oxygen atoms in total. The maximum Gasteiger partial charge on any atom is 0.352 e. The summed E-state index contributed by atoms with van der Waals surface area (Å²) in [6.45, 7) is 1.66. The molecule has 2 atom stereocenters.